The van der Waals surface area contributed by atoms with Crippen LogP contribution in [-0.2, 0) is 35.2 Å². The third-order valence-corrected chi connectivity index (χ3v) is 11.9. The maximum Gasteiger partial charge on any atom is 0.471 e. The molecule has 7 amide bonds. The molecule has 22 heteroatoms. The zero-order valence-electron chi connectivity index (χ0n) is 41.5. The highest BCUT2D eigenvalue weighted by atomic mass is 19.4. The number of alkyl halides is 3. The van der Waals surface area contributed by atoms with Crippen molar-refractivity contribution in [2.24, 2.45) is 5.92 Å². The number of hydrogen-bond acceptors (Lipinski definition) is 11. The molecule has 0 spiro atoms. The number of phenols is 1. The van der Waals surface area contributed by atoms with Crippen LogP contribution in [0.3, 0.4) is 0 Å². The van der Waals surface area contributed by atoms with Gasteiger partial charge in [0.2, 0.25) is 29.5 Å². The van der Waals surface area contributed by atoms with Crippen LogP contribution >= 0.6 is 0 Å². The largest absolute Gasteiger partial charge is 0.508 e. The van der Waals surface area contributed by atoms with Crippen LogP contribution in [0.25, 0.3) is 33.4 Å². The Labute approximate surface area is 429 Å². The number of carboxylic acids is 1. The second kappa shape index (κ2) is 27.1. The van der Waals surface area contributed by atoms with Gasteiger partial charge >= 0.3 is 18.1 Å². The number of amides is 7. The SMILES string of the molecule is CNC(=O)[C@H](Cc1ccccc1)NC(=O)[C@H](CCCCNC(=O)C(F)(F)F)NC(=O)CNC(=O)[C@H](CC(C)C)NC(=O)CCCCCNC(=O)c1ccc(-c2c3ccc(=O)cc-3oc3cc(O)ccc23)c(C(=O)O)c1. The van der Waals surface area contributed by atoms with Gasteiger partial charge in [-0.1, -0.05) is 56.7 Å². The van der Waals surface area contributed by atoms with Gasteiger partial charge in [-0.15, -0.1) is 0 Å². The minimum absolute atomic E-state index is 0.00719. The number of carbonyl (C=O) groups excluding carboxylic acids is 7. The molecule has 75 heavy (non-hydrogen) atoms. The van der Waals surface area contributed by atoms with Crippen molar-refractivity contribution in [1.82, 2.24) is 37.2 Å². The first kappa shape index (κ1) is 57.6. The highest BCUT2D eigenvalue weighted by Crippen LogP contribution is 2.42. The van der Waals surface area contributed by atoms with Crippen molar-refractivity contribution in [1.29, 1.82) is 0 Å². The molecule has 1 heterocycles. The van der Waals surface area contributed by atoms with Gasteiger partial charge in [-0.05, 0) is 92.0 Å². The predicted octanol–water partition coefficient (Wildman–Crippen LogP) is 4.71. The third kappa shape index (κ3) is 17.1. The van der Waals surface area contributed by atoms with Crippen molar-refractivity contribution in [2.75, 3.05) is 26.7 Å². The molecule has 0 aromatic heterocycles. The second-order valence-corrected chi connectivity index (χ2v) is 18.1. The fraction of sp³-hybridized carbons (Fsp3) is 0.377. The van der Waals surface area contributed by atoms with Crippen LogP contribution in [0.15, 0.2) is 94.1 Å². The summed E-state index contributed by atoms with van der Waals surface area (Å²) in [6.45, 7) is 2.85. The highest BCUT2D eigenvalue weighted by Gasteiger charge is 2.38. The number of rotatable bonds is 26. The summed E-state index contributed by atoms with van der Waals surface area (Å²) in [7, 11) is 1.38. The number of halogens is 3. The Kier molecular flexibility index (Phi) is 20.8. The van der Waals surface area contributed by atoms with Crippen molar-refractivity contribution in [3.05, 3.63) is 112 Å². The molecule has 9 N–H and O–H groups in total. The zero-order valence-corrected chi connectivity index (χ0v) is 41.5. The van der Waals surface area contributed by atoms with Crippen LogP contribution < -0.4 is 42.6 Å². The van der Waals surface area contributed by atoms with Gasteiger partial charge in [-0.25, -0.2) is 4.79 Å². The van der Waals surface area contributed by atoms with Crippen LogP contribution in [0.5, 0.6) is 5.75 Å². The lowest BCUT2D eigenvalue weighted by Crippen LogP contribution is -2.55. The molecule has 1 aliphatic heterocycles. The summed E-state index contributed by atoms with van der Waals surface area (Å²) >= 11 is 0. The molecule has 0 saturated carbocycles. The quantitative estimate of drug-likeness (QED) is 0.0269. The number of unbranched alkanes of at least 4 members (excludes halogenated alkanes) is 3. The summed E-state index contributed by atoms with van der Waals surface area (Å²) in [6.07, 6.45) is -3.49. The number of carbonyl (C=O) groups is 8. The number of hydrogen-bond donors (Lipinski definition) is 9. The Morgan fingerprint density at radius 3 is 2.07 bits per heavy atom. The number of aromatic carboxylic acids is 1. The molecular weight excluding hydrogens is 984 g/mol. The van der Waals surface area contributed by atoms with Crippen LogP contribution in [0.2, 0.25) is 0 Å². The average Bonchev–Trinajstić information content (AvgIpc) is 3.36. The van der Waals surface area contributed by atoms with Crippen molar-refractivity contribution in [3.63, 3.8) is 0 Å². The minimum Gasteiger partial charge on any atom is -0.508 e. The molecule has 400 valence electrons. The van der Waals surface area contributed by atoms with Crippen molar-refractivity contribution >= 4 is 58.3 Å². The topological polar surface area (TPSA) is 291 Å². The van der Waals surface area contributed by atoms with Gasteiger partial charge in [0.25, 0.3) is 5.91 Å². The summed E-state index contributed by atoms with van der Waals surface area (Å²) in [6, 6.07) is 18.0. The minimum atomic E-state index is -5.08. The van der Waals surface area contributed by atoms with E-state index in [-0.39, 0.29) is 96.7 Å². The maximum absolute atomic E-state index is 13.6. The van der Waals surface area contributed by atoms with Crippen LogP contribution in [-0.4, -0.2) is 109 Å². The van der Waals surface area contributed by atoms with E-state index in [1.165, 1.54) is 55.6 Å². The monoisotopic (exact) mass is 1040 g/mol. The first-order valence-corrected chi connectivity index (χ1v) is 24.3. The lowest BCUT2D eigenvalue weighted by molar-refractivity contribution is -0.173. The molecule has 0 bridgehead atoms. The van der Waals surface area contributed by atoms with Crippen LogP contribution in [0.1, 0.15) is 91.5 Å². The number of nitrogens with one attached hydrogen (secondary N) is 7. The van der Waals surface area contributed by atoms with Gasteiger partial charge < -0.3 is 51.8 Å². The van der Waals surface area contributed by atoms with Gasteiger partial charge in [0, 0.05) is 67.2 Å². The first-order valence-electron chi connectivity index (χ1n) is 24.3. The predicted molar refractivity (Wildman–Crippen MR) is 269 cm³/mol. The standard InChI is InChI=1S/C53H60F3N7O12/c1-30(2)24-40(49(70)60-29-45(67)61-39(14-9-11-23-59-52(74)53(54,55)56)50(71)63-41(48(69)57-3)25-31-12-6-4-7-13-31)62-44(66)15-8-5-10-22-58-47(68)32-16-19-35(38(26-32)51(72)73)46-36-20-17-33(64)27-42(36)75-43-28-34(65)18-21-37(43)46/h4,6-7,12-13,16-21,26-28,30,39-41,64H,5,8-11,14-15,22-25,29H2,1-3H3,(H,57,69)(H,58,68)(H,59,74)(H,60,70)(H,61,67)(H,62,66)(H,63,71)(H,72,73)/t39-,40-,41-/m0/s1. The fourth-order valence-corrected chi connectivity index (χ4v) is 8.18. The van der Waals surface area contributed by atoms with E-state index in [0.717, 1.165) is 5.56 Å². The first-order chi connectivity index (χ1) is 35.6. The number of fused-ring (bicyclic) bond motifs is 2. The average molecular weight is 1040 g/mol. The molecule has 2 aliphatic rings. The number of aromatic hydroxyl groups is 1. The van der Waals surface area contributed by atoms with E-state index in [2.05, 4.69) is 31.9 Å². The van der Waals surface area contributed by atoms with Gasteiger partial charge in [0.1, 0.15) is 35.2 Å². The number of phenolic OH excluding ortho intramolecular Hbond substituents is 1. The summed E-state index contributed by atoms with van der Waals surface area (Å²) in [5.74, 6) is -7.24. The molecule has 1 aliphatic carbocycles. The summed E-state index contributed by atoms with van der Waals surface area (Å²) < 4.78 is 43.8. The molecule has 0 fully saturated rings. The third-order valence-electron chi connectivity index (χ3n) is 11.9. The highest BCUT2D eigenvalue weighted by molar-refractivity contribution is 6.09. The molecule has 0 radical (unpaired) electrons. The van der Waals surface area contributed by atoms with Crippen LogP contribution in [0, 0.1) is 5.92 Å². The van der Waals surface area contributed by atoms with E-state index >= 15 is 0 Å². The van der Waals surface area contributed by atoms with E-state index in [4.69, 9.17) is 4.42 Å². The smallest absolute Gasteiger partial charge is 0.471 e. The molecule has 0 unspecified atom stereocenters. The van der Waals surface area contributed by atoms with Crippen molar-refractivity contribution < 1.29 is 66.2 Å². The summed E-state index contributed by atoms with van der Waals surface area (Å²) in [5.41, 5.74) is 1.59. The van der Waals surface area contributed by atoms with E-state index in [0.29, 0.717) is 35.8 Å². The van der Waals surface area contributed by atoms with E-state index in [1.54, 1.807) is 41.7 Å². The normalized spacial score (nSPS) is 12.5. The molecule has 0 saturated heterocycles. The molecule has 3 atom stereocenters. The Morgan fingerprint density at radius 1 is 0.680 bits per heavy atom. The van der Waals surface area contributed by atoms with Gasteiger partial charge in [0.15, 0.2) is 5.43 Å². The number of benzene rings is 4. The van der Waals surface area contributed by atoms with E-state index in [9.17, 15) is 66.5 Å². The molecule has 5 rings (SSSR count). The van der Waals surface area contributed by atoms with Gasteiger partial charge in [-0.3, -0.25) is 38.4 Å². The molecule has 3 aromatic rings. The van der Waals surface area contributed by atoms with Gasteiger partial charge in [-0.2, -0.15) is 13.2 Å². The van der Waals surface area contributed by atoms with Crippen molar-refractivity contribution in [3.8, 4) is 28.2 Å². The fourth-order valence-electron chi connectivity index (χ4n) is 8.18. The van der Waals surface area contributed by atoms with Gasteiger partial charge in [0.05, 0.1) is 12.1 Å². The second-order valence-electron chi connectivity index (χ2n) is 18.1. The number of likely N-dealkylation sites (N-methyl/N-ethyl adjacent to an activating group) is 1. The maximum atomic E-state index is 13.6. The Morgan fingerprint density at radius 2 is 1.37 bits per heavy atom. The van der Waals surface area contributed by atoms with Crippen molar-refractivity contribution in [2.45, 2.75) is 95.9 Å². The zero-order chi connectivity index (χ0) is 54.8. The molecular formula is C53H60F3N7O12. The van der Waals surface area contributed by atoms with Crippen LogP contribution in [0.4, 0.5) is 13.2 Å². The number of carboxylic acid groups (broad SMARTS) is 1. The lowest BCUT2D eigenvalue weighted by atomic mass is 9.90. The summed E-state index contributed by atoms with van der Waals surface area (Å²) in [4.78, 5) is 115. The Bertz CT molecular complexity index is 2890. The van der Waals surface area contributed by atoms with E-state index < -0.39 is 78.2 Å². The Hall–Kier alpha value is -8.30. The van der Waals surface area contributed by atoms with E-state index in [1.807, 2.05) is 13.8 Å². The molecule has 3 aromatic carbocycles. The summed E-state index contributed by atoms with van der Waals surface area (Å²) in [5, 5.41) is 38.1. The Balaban J connectivity index is 1.12. The lowest BCUT2D eigenvalue weighted by Gasteiger charge is -2.24. The molecule has 19 nitrogen and oxygen atoms in total.